The number of aromatic amines is 1. The molecule has 3 aromatic heterocycles. The molecular formula is C11H10N6O3. The maximum Gasteiger partial charge on any atom is 0.312 e. The molecule has 0 spiro atoms. The molecule has 0 aliphatic carbocycles. The van der Waals surface area contributed by atoms with Crippen LogP contribution in [0.25, 0.3) is 17.2 Å². The number of nitrogens with zero attached hydrogens (tertiary/aromatic N) is 5. The van der Waals surface area contributed by atoms with Crippen LogP contribution in [0.4, 0.5) is 0 Å². The fourth-order valence-corrected chi connectivity index (χ4v) is 2.03. The second kappa shape index (κ2) is 4.30. The number of aromatic nitrogens is 6. The lowest BCUT2D eigenvalue weighted by Gasteiger charge is -2.10. The molecule has 20 heavy (non-hydrogen) atoms. The number of nitrogens with one attached hydrogen (secondary N) is 1. The van der Waals surface area contributed by atoms with Gasteiger partial charge in [-0.2, -0.15) is 10.2 Å². The molecule has 1 atom stereocenters. The molecule has 0 radical (unpaired) electrons. The summed E-state index contributed by atoms with van der Waals surface area (Å²) in [6.07, 6.45) is 0. The van der Waals surface area contributed by atoms with Gasteiger partial charge in [-0.3, -0.25) is 9.20 Å². The van der Waals surface area contributed by atoms with E-state index in [-0.39, 0.29) is 17.4 Å². The largest absolute Gasteiger partial charge is 0.492 e. The van der Waals surface area contributed by atoms with Crippen LogP contribution in [-0.4, -0.2) is 46.2 Å². The number of hydrogen-bond donors (Lipinski definition) is 3. The maximum atomic E-state index is 11.2. The molecule has 102 valence electrons. The highest BCUT2D eigenvalue weighted by Crippen LogP contribution is 2.30. The first-order chi connectivity index (χ1) is 9.59. The molecule has 0 aliphatic heterocycles. The minimum absolute atomic E-state index is 0.139. The Bertz CT molecular complexity index is 779. The second-order valence-electron chi connectivity index (χ2n) is 4.22. The minimum atomic E-state index is -0.982. The van der Waals surface area contributed by atoms with E-state index < -0.39 is 11.9 Å². The summed E-state index contributed by atoms with van der Waals surface area (Å²) in [5.74, 6) is -1.90. The summed E-state index contributed by atoms with van der Waals surface area (Å²) in [5.41, 5.74) is 1.08. The van der Waals surface area contributed by atoms with Crippen molar-refractivity contribution in [2.75, 3.05) is 0 Å². The highest BCUT2D eigenvalue weighted by atomic mass is 16.4. The van der Waals surface area contributed by atoms with Gasteiger partial charge in [0.05, 0.1) is 5.92 Å². The fraction of sp³-hybridized carbons (Fsp3) is 0.182. The fourth-order valence-electron chi connectivity index (χ4n) is 2.03. The number of aliphatic carboxylic acids is 1. The van der Waals surface area contributed by atoms with Gasteiger partial charge in [0, 0.05) is 5.69 Å². The van der Waals surface area contributed by atoms with E-state index in [2.05, 4.69) is 25.6 Å². The van der Waals surface area contributed by atoms with Crippen LogP contribution >= 0.6 is 0 Å². The molecule has 3 rings (SSSR count). The summed E-state index contributed by atoms with van der Waals surface area (Å²) in [4.78, 5) is 15.2. The Hall–Kier alpha value is -2.97. The monoisotopic (exact) mass is 274 g/mol. The van der Waals surface area contributed by atoms with Gasteiger partial charge in [0.2, 0.25) is 11.7 Å². The number of carbonyl (C=O) groups is 1. The Morgan fingerprint density at radius 1 is 1.45 bits per heavy atom. The lowest BCUT2D eigenvalue weighted by Crippen LogP contribution is -2.12. The molecule has 0 amide bonds. The highest BCUT2D eigenvalue weighted by Gasteiger charge is 2.23. The van der Waals surface area contributed by atoms with Crippen LogP contribution in [0, 0.1) is 0 Å². The van der Waals surface area contributed by atoms with Crippen molar-refractivity contribution in [1.29, 1.82) is 0 Å². The van der Waals surface area contributed by atoms with Crippen LogP contribution in [0.1, 0.15) is 18.5 Å². The molecule has 1 unspecified atom stereocenters. The molecule has 0 aliphatic rings. The Balaban J connectivity index is 2.35. The van der Waals surface area contributed by atoms with Gasteiger partial charge in [-0.1, -0.05) is 6.07 Å². The predicted molar refractivity (Wildman–Crippen MR) is 66.1 cm³/mol. The van der Waals surface area contributed by atoms with Gasteiger partial charge in [0.25, 0.3) is 0 Å². The van der Waals surface area contributed by atoms with Gasteiger partial charge in [-0.25, -0.2) is 0 Å². The minimum Gasteiger partial charge on any atom is -0.492 e. The summed E-state index contributed by atoms with van der Waals surface area (Å²) in [6.45, 7) is 1.55. The zero-order chi connectivity index (χ0) is 14.3. The van der Waals surface area contributed by atoms with Crippen molar-refractivity contribution in [2.45, 2.75) is 12.8 Å². The Labute approximate surface area is 111 Å². The molecule has 0 aromatic carbocycles. The smallest absolute Gasteiger partial charge is 0.312 e. The molecule has 0 saturated carbocycles. The Kier molecular flexibility index (Phi) is 2.60. The number of carboxylic acid groups (broad SMARTS) is 1. The molecule has 9 heteroatoms. The number of H-pyrrole nitrogens is 1. The van der Waals surface area contributed by atoms with E-state index in [1.807, 2.05) is 0 Å². The van der Waals surface area contributed by atoms with Gasteiger partial charge >= 0.3 is 5.97 Å². The van der Waals surface area contributed by atoms with Gasteiger partial charge in [-0.05, 0) is 24.3 Å². The van der Waals surface area contributed by atoms with E-state index in [1.54, 1.807) is 25.1 Å². The van der Waals surface area contributed by atoms with Crippen LogP contribution in [0.3, 0.4) is 0 Å². The van der Waals surface area contributed by atoms with Crippen molar-refractivity contribution in [1.82, 2.24) is 30.0 Å². The number of fused-ring (bicyclic) bond motifs is 1. The van der Waals surface area contributed by atoms with E-state index in [0.717, 1.165) is 0 Å². The molecule has 9 nitrogen and oxygen atoms in total. The quantitative estimate of drug-likeness (QED) is 0.630. The normalized spacial score (nSPS) is 12.7. The molecule has 3 N–H and O–H groups in total. The van der Waals surface area contributed by atoms with E-state index in [9.17, 15) is 15.0 Å². The predicted octanol–water partition coefficient (Wildman–Crippen LogP) is 0.408. The van der Waals surface area contributed by atoms with Crippen LogP contribution in [0.2, 0.25) is 0 Å². The number of hydrogen-bond acceptors (Lipinski definition) is 6. The third-order valence-electron chi connectivity index (χ3n) is 3.03. The first-order valence-electron chi connectivity index (χ1n) is 5.76. The van der Waals surface area contributed by atoms with Gasteiger partial charge in [0.1, 0.15) is 5.65 Å². The summed E-state index contributed by atoms with van der Waals surface area (Å²) in [7, 11) is 0. The van der Waals surface area contributed by atoms with Crippen molar-refractivity contribution >= 4 is 11.6 Å². The van der Waals surface area contributed by atoms with E-state index in [1.165, 1.54) is 4.40 Å². The number of tetrazole rings is 1. The Morgan fingerprint density at radius 3 is 2.90 bits per heavy atom. The zero-order valence-corrected chi connectivity index (χ0v) is 10.3. The zero-order valence-electron chi connectivity index (χ0n) is 10.3. The lowest BCUT2D eigenvalue weighted by atomic mass is 10.1. The average Bonchev–Trinajstić information content (AvgIpc) is 3.02. The molecular weight excluding hydrogens is 264 g/mol. The standard InChI is InChI=1S/C11H10N6O3/c1-5(11(19)20)6-3-2-4-7-12-10(18)8(17(6)7)9-13-15-16-14-9/h2-5,18H,1H3,(H,19,20)(H,13,14,15,16). The first-order valence-corrected chi connectivity index (χ1v) is 5.76. The van der Waals surface area contributed by atoms with Crippen molar-refractivity contribution < 1.29 is 15.0 Å². The Morgan fingerprint density at radius 2 is 2.25 bits per heavy atom. The number of aromatic hydroxyl groups is 1. The van der Waals surface area contributed by atoms with E-state index in [0.29, 0.717) is 11.3 Å². The van der Waals surface area contributed by atoms with Gasteiger partial charge in [0.15, 0.2) is 5.69 Å². The summed E-state index contributed by atoms with van der Waals surface area (Å²) in [6, 6.07) is 4.98. The number of imidazole rings is 1. The highest BCUT2D eigenvalue weighted by molar-refractivity contribution is 5.76. The van der Waals surface area contributed by atoms with Crippen LogP contribution < -0.4 is 0 Å². The first kappa shape index (κ1) is 12.1. The summed E-state index contributed by atoms with van der Waals surface area (Å²) >= 11 is 0. The molecule has 0 saturated heterocycles. The molecule has 3 heterocycles. The van der Waals surface area contributed by atoms with Crippen molar-refractivity contribution in [2.24, 2.45) is 0 Å². The van der Waals surface area contributed by atoms with Crippen LogP contribution in [-0.2, 0) is 4.79 Å². The third kappa shape index (κ3) is 1.67. The topological polar surface area (TPSA) is 129 Å². The van der Waals surface area contributed by atoms with E-state index in [4.69, 9.17) is 0 Å². The molecule has 0 bridgehead atoms. The third-order valence-corrected chi connectivity index (χ3v) is 3.03. The average molecular weight is 274 g/mol. The van der Waals surface area contributed by atoms with Crippen molar-refractivity contribution in [3.05, 3.63) is 23.9 Å². The molecule has 0 fully saturated rings. The number of pyridine rings is 1. The molecule has 3 aromatic rings. The lowest BCUT2D eigenvalue weighted by molar-refractivity contribution is -0.138. The van der Waals surface area contributed by atoms with Gasteiger partial charge < -0.3 is 10.2 Å². The summed E-state index contributed by atoms with van der Waals surface area (Å²) in [5, 5.41) is 32.4. The second-order valence-corrected chi connectivity index (χ2v) is 4.22. The number of carboxylic acids is 1. The SMILES string of the molecule is CC(C(=O)O)c1cccc2nc(O)c(-c3nn[nH]n3)n12. The summed E-state index contributed by atoms with van der Waals surface area (Å²) < 4.78 is 1.51. The van der Waals surface area contributed by atoms with Crippen LogP contribution in [0.5, 0.6) is 5.88 Å². The van der Waals surface area contributed by atoms with Crippen LogP contribution in [0.15, 0.2) is 18.2 Å². The van der Waals surface area contributed by atoms with Gasteiger partial charge in [-0.15, -0.1) is 10.2 Å². The van der Waals surface area contributed by atoms with Crippen molar-refractivity contribution in [3.8, 4) is 17.4 Å². The van der Waals surface area contributed by atoms with E-state index >= 15 is 0 Å². The maximum absolute atomic E-state index is 11.2. The van der Waals surface area contributed by atoms with Crippen molar-refractivity contribution in [3.63, 3.8) is 0 Å². The number of rotatable bonds is 3.